The average Bonchev–Trinajstić information content (AvgIpc) is 3.09. The standard InChI is InChI=1S/C17H21N3O3/c1-2-9-18-16(21)12-19-15-8-4-3-7-14(15)17(22)20-11-13-6-5-10-23-13/h3-8,10,19H,2,9,11-12H2,1H3,(H,18,21)(H,20,22). The Bertz CT molecular complexity index is 638. The summed E-state index contributed by atoms with van der Waals surface area (Å²) in [6, 6.07) is 10.6. The number of hydrogen-bond acceptors (Lipinski definition) is 4. The van der Waals surface area contributed by atoms with Gasteiger partial charge in [0.25, 0.3) is 5.91 Å². The van der Waals surface area contributed by atoms with Crippen LogP contribution in [0.1, 0.15) is 29.5 Å². The minimum absolute atomic E-state index is 0.0994. The Morgan fingerprint density at radius 3 is 2.65 bits per heavy atom. The van der Waals surface area contributed by atoms with Crippen molar-refractivity contribution in [1.82, 2.24) is 10.6 Å². The van der Waals surface area contributed by atoms with E-state index >= 15 is 0 Å². The number of benzene rings is 1. The lowest BCUT2D eigenvalue weighted by Crippen LogP contribution is -2.31. The number of carbonyl (C=O) groups excluding carboxylic acids is 2. The van der Waals surface area contributed by atoms with Gasteiger partial charge in [-0.05, 0) is 30.7 Å². The molecule has 23 heavy (non-hydrogen) atoms. The van der Waals surface area contributed by atoms with Gasteiger partial charge in [-0.15, -0.1) is 0 Å². The van der Waals surface area contributed by atoms with Crippen molar-refractivity contribution < 1.29 is 14.0 Å². The Balaban J connectivity index is 1.93. The third kappa shape index (κ3) is 5.18. The molecule has 0 aliphatic carbocycles. The zero-order valence-electron chi connectivity index (χ0n) is 13.1. The van der Waals surface area contributed by atoms with Crippen LogP contribution in [0.15, 0.2) is 47.1 Å². The zero-order valence-corrected chi connectivity index (χ0v) is 13.1. The highest BCUT2D eigenvalue weighted by Gasteiger charge is 2.11. The Hall–Kier alpha value is -2.76. The number of anilines is 1. The predicted molar refractivity (Wildman–Crippen MR) is 88.1 cm³/mol. The van der Waals surface area contributed by atoms with E-state index in [-0.39, 0.29) is 18.4 Å². The van der Waals surface area contributed by atoms with E-state index in [2.05, 4.69) is 16.0 Å². The fraction of sp³-hybridized carbons (Fsp3) is 0.294. The van der Waals surface area contributed by atoms with Gasteiger partial charge in [0.15, 0.2) is 0 Å². The number of carbonyl (C=O) groups is 2. The zero-order chi connectivity index (χ0) is 16.5. The van der Waals surface area contributed by atoms with Crippen LogP contribution in [-0.2, 0) is 11.3 Å². The van der Waals surface area contributed by atoms with E-state index in [1.165, 1.54) is 0 Å². The van der Waals surface area contributed by atoms with Gasteiger partial charge in [0, 0.05) is 12.2 Å². The van der Waals surface area contributed by atoms with Gasteiger partial charge in [0.2, 0.25) is 5.91 Å². The number of furan rings is 1. The van der Waals surface area contributed by atoms with Crippen molar-refractivity contribution in [2.45, 2.75) is 19.9 Å². The molecule has 3 N–H and O–H groups in total. The lowest BCUT2D eigenvalue weighted by Gasteiger charge is -2.12. The van der Waals surface area contributed by atoms with Gasteiger partial charge >= 0.3 is 0 Å². The molecular formula is C17H21N3O3. The maximum atomic E-state index is 12.3. The second-order valence-corrected chi connectivity index (χ2v) is 5.01. The summed E-state index contributed by atoms with van der Waals surface area (Å²) < 4.78 is 5.18. The number of amides is 2. The molecule has 1 heterocycles. The van der Waals surface area contributed by atoms with Crippen molar-refractivity contribution in [3.8, 4) is 0 Å². The van der Waals surface area contributed by atoms with Gasteiger partial charge in [0.05, 0.1) is 24.9 Å². The Kier molecular flexibility index (Phi) is 6.23. The van der Waals surface area contributed by atoms with Crippen molar-refractivity contribution >= 4 is 17.5 Å². The number of para-hydroxylation sites is 1. The smallest absolute Gasteiger partial charge is 0.253 e. The van der Waals surface area contributed by atoms with Gasteiger partial charge in [-0.1, -0.05) is 19.1 Å². The molecule has 0 saturated carbocycles. The minimum atomic E-state index is -0.224. The van der Waals surface area contributed by atoms with E-state index in [4.69, 9.17) is 4.42 Å². The second-order valence-electron chi connectivity index (χ2n) is 5.01. The predicted octanol–water partition coefficient (Wildman–Crippen LogP) is 2.15. The van der Waals surface area contributed by atoms with Crippen molar-refractivity contribution in [2.75, 3.05) is 18.4 Å². The summed E-state index contributed by atoms with van der Waals surface area (Å²) in [5, 5.41) is 8.57. The summed E-state index contributed by atoms with van der Waals surface area (Å²) in [6.45, 7) is 3.08. The van der Waals surface area contributed by atoms with Gasteiger partial charge in [-0.3, -0.25) is 9.59 Å². The highest BCUT2D eigenvalue weighted by atomic mass is 16.3. The fourth-order valence-corrected chi connectivity index (χ4v) is 2.01. The van der Waals surface area contributed by atoms with E-state index in [0.717, 1.165) is 6.42 Å². The molecule has 0 aliphatic heterocycles. The molecule has 0 bridgehead atoms. The monoisotopic (exact) mass is 315 g/mol. The highest BCUT2D eigenvalue weighted by Crippen LogP contribution is 2.14. The van der Waals surface area contributed by atoms with Crippen molar-refractivity contribution in [1.29, 1.82) is 0 Å². The number of hydrogen-bond donors (Lipinski definition) is 3. The summed E-state index contributed by atoms with van der Waals surface area (Å²) in [4.78, 5) is 23.9. The van der Waals surface area contributed by atoms with Crippen molar-refractivity contribution in [2.24, 2.45) is 0 Å². The molecule has 2 rings (SSSR count). The first kappa shape index (κ1) is 16.6. The quantitative estimate of drug-likeness (QED) is 0.697. The highest BCUT2D eigenvalue weighted by molar-refractivity contribution is 6.00. The van der Waals surface area contributed by atoms with Crippen LogP contribution in [-0.4, -0.2) is 24.9 Å². The van der Waals surface area contributed by atoms with E-state index in [1.807, 2.05) is 13.0 Å². The first-order chi connectivity index (χ1) is 11.2. The van der Waals surface area contributed by atoms with E-state index in [0.29, 0.717) is 30.1 Å². The minimum Gasteiger partial charge on any atom is -0.467 e. The van der Waals surface area contributed by atoms with E-state index in [9.17, 15) is 9.59 Å². The van der Waals surface area contributed by atoms with Gasteiger partial charge in [-0.25, -0.2) is 0 Å². The molecule has 0 saturated heterocycles. The van der Waals surface area contributed by atoms with Crippen LogP contribution in [0.4, 0.5) is 5.69 Å². The topological polar surface area (TPSA) is 83.4 Å². The molecule has 6 nitrogen and oxygen atoms in total. The van der Waals surface area contributed by atoms with Gasteiger partial charge < -0.3 is 20.4 Å². The summed E-state index contributed by atoms with van der Waals surface area (Å²) in [5.41, 5.74) is 1.11. The van der Waals surface area contributed by atoms with Crippen LogP contribution >= 0.6 is 0 Å². The largest absolute Gasteiger partial charge is 0.467 e. The molecule has 0 radical (unpaired) electrons. The summed E-state index contributed by atoms with van der Waals surface area (Å²) in [6.07, 6.45) is 2.45. The normalized spacial score (nSPS) is 10.1. The number of nitrogens with one attached hydrogen (secondary N) is 3. The Labute approximate surface area is 135 Å². The maximum Gasteiger partial charge on any atom is 0.253 e. The first-order valence-corrected chi connectivity index (χ1v) is 7.61. The second kappa shape index (κ2) is 8.63. The van der Waals surface area contributed by atoms with Crippen LogP contribution in [0.25, 0.3) is 0 Å². The average molecular weight is 315 g/mol. The molecule has 0 unspecified atom stereocenters. The Morgan fingerprint density at radius 2 is 1.91 bits per heavy atom. The van der Waals surface area contributed by atoms with Crippen LogP contribution in [0.3, 0.4) is 0 Å². The van der Waals surface area contributed by atoms with E-state index in [1.54, 1.807) is 36.6 Å². The molecule has 0 fully saturated rings. The molecule has 122 valence electrons. The number of rotatable bonds is 8. The molecule has 1 aromatic carbocycles. The molecule has 0 atom stereocenters. The van der Waals surface area contributed by atoms with Crippen molar-refractivity contribution in [3.05, 3.63) is 54.0 Å². The summed E-state index contributed by atoms with van der Waals surface area (Å²) in [7, 11) is 0. The lowest BCUT2D eigenvalue weighted by atomic mass is 10.1. The first-order valence-electron chi connectivity index (χ1n) is 7.61. The molecule has 2 aromatic rings. The SMILES string of the molecule is CCCNC(=O)CNc1ccccc1C(=O)NCc1ccco1. The third-order valence-corrected chi connectivity index (χ3v) is 3.19. The third-order valence-electron chi connectivity index (χ3n) is 3.19. The lowest BCUT2D eigenvalue weighted by molar-refractivity contribution is -0.119. The van der Waals surface area contributed by atoms with Gasteiger partial charge in [0.1, 0.15) is 5.76 Å². The molecule has 2 amide bonds. The van der Waals surface area contributed by atoms with Crippen molar-refractivity contribution in [3.63, 3.8) is 0 Å². The van der Waals surface area contributed by atoms with Crippen LogP contribution < -0.4 is 16.0 Å². The van der Waals surface area contributed by atoms with E-state index < -0.39 is 0 Å². The molecule has 1 aromatic heterocycles. The molecular weight excluding hydrogens is 294 g/mol. The summed E-state index contributed by atoms with van der Waals surface area (Å²) in [5.74, 6) is 0.360. The van der Waals surface area contributed by atoms with Crippen LogP contribution in [0.2, 0.25) is 0 Å². The Morgan fingerprint density at radius 1 is 1.09 bits per heavy atom. The van der Waals surface area contributed by atoms with Gasteiger partial charge in [-0.2, -0.15) is 0 Å². The summed E-state index contributed by atoms with van der Waals surface area (Å²) >= 11 is 0. The molecule has 0 aliphatic rings. The van der Waals surface area contributed by atoms with Crippen LogP contribution in [0, 0.1) is 0 Å². The molecule has 6 heteroatoms. The fourth-order valence-electron chi connectivity index (χ4n) is 2.01. The van der Waals surface area contributed by atoms with Crippen LogP contribution in [0.5, 0.6) is 0 Å². The maximum absolute atomic E-state index is 12.3. The molecule has 0 spiro atoms.